The van der Waals surface area contributed by atoms with Crippen LogP contribution in [0.15, 0.2) is 59.1 Å². The zero-order valence-corrected chi connectivity index (χ0v) is 14.6. The minimum absolute atomic E-state index is 0.138. The van der Waals surface area contributed by atoms with Crippen molar-refractivity contribution >= 4 is 11.7 Å². The van der Waals surface area contributed by atoms with Crippen LogP contribution in [0.25, 0.3) is 11.4 Å². The van der Waals surface area contributed by atoms with E-state index in [0.717, 1.165) is 29.7 Å². The van der Waals surface area contributed by atoms with E-state index >= 15 is 0 Å². The van der Waals surface area contributed by atoms with Gasteiger partial charge in [-0.25, -0.2) is 4.79 Å². The van der Waals surface area contributed by atoms with Crippen molar-refractivity contribution in [1.29, 1.82) is 0 Å². The molecule has 132 valence electrons. The van der Waals surface area contributed by atoms with Gasteiger partial charge in [-0.1, -0.05) is 53.7 Å². The first kappa shape index (κ1) is 16.3. The average molecular weight is 348 g/mol. The fourth-order valence-electron chi connectivity index (χ4n) is 3.24. The Hall–Kier alpha value is -3.15. The molecule has 1 aromatic heterocycles. The van der Waals surface area contributed by atoms with Gasteiger partial charge in [0.05, 0.1) is 0 Å². The van der Waals surface area contributed by atoms with Gasteiger partial charge in [-0.3, -0.25) is 0 Å². The maximum Gasteiger partial charge on any atom is 0.322 e. The lowest BCUT2D eigenvalue weighted by molar-refractivity contribution is 0.193. The molecule has 0 saturated carbocycles. The third-order valence-corrected chi connectivity index (χ3v) is 4.66. The monoisotopic (exact) mass is 348 g/mol. The number of aryl methyl sites for hydroxylation is 1. The second kappa shape index (κ2) is 7.00. The van der Waals surface area contributed by atoms with Gasteiger partial charge in [-0.15, -0.1) is 0 Å². The first-order valence-electron chi connectivity index (χ1n) is 8.74. The summed E-state index contributed by atoms with van der Waals surface area (Å²) in [7, 11) is 0. The number of hydrogen-bond donors (Lipinski definition) is 1. The van der Waals surface area contributed by atoms with Crippen LogP contribution in [-0.2, 0) is 0 Å². The van der Waals surface area contributed by atoms with Crippen LogP contribution < -0.4 is 5.32 Å². The number of likely N-dealkylation sites (tertiary alicyclic amines) is 1. The van der Waals surface area contributed by atoms with E-state index in [-0.39, 0.29) is 12.1 Å². The quantitative estimate of drug-likeness (QED) is 0.761. The summed E-state index contributed by atoms with van der Waals surface area (Å²) in [5.41, 5.74) is 2.75. The molecular formula is C20H20N4O2. The molecule has 0 aliphatic carbocycles. The van der Waals surface area contributed by atoms with Gasteiger partial charge in [-0.2, -0.15) is 4.98 Å². The molecule has 0 radical (unpaired) electrons. The molecule has 1 fully saturated rings. The number of carbonyl (C=O) groups excluding carboxylic acids is 1. The predicted molar refractivity (Wildman–Crippen MR) is 98.6 cm³/mol. The van der Waals surface area contributed by atoms with Crippen LogP contribution in [0.4, 0.5) is 10.5 Å². The Kier molecular flexibility index (Phi) is 4.39. The number of carbonyl (C=O) groups is 1. The number of benzene rings is 2. The molecule has 1 unspecified atom stereocenters. The Balaban J connectivity index is 1.53. The van der Waals surface area contributed by atoms with Crippen LogP contribution in [0.5, 0.6) is 0 Å². The van der Waals surface area contributed by atoms with Gasteiger partial charge < -0.3 is 14.7 Å². The highest BCUT2D eigenvalue weighted by molar-refractivity contribution is 5.90. The number of nitrogens with one attached hydrogen (secondary N) is 1. The highest BCUT2D eigenvalue weighted by atomic mass is 16.5. The molecule has 0 spiro atoms. The molecule has 4 rings (SSSR count). The lowest BCUT2D eigenvalue weighted by Crippen LogP contribution is -2.34. The summed E-state index contributed by atoms with van der Waals surface area (Å²) in [6, 6.07) is 17.1. The maximum atomic E-state index is 12.8. The van der Waals surface area contributed by atoms with Crippen LogP contribution in [0, 0.1) is 6.92 Å². The number of amides is 2. The first-order chi connectivity index (χ1) is 12.7. The molecule has 1 N–H and O–H groups in total. The van der Waals surface area contributed by atoms with Gasteiger partial charge >= 0.3 is 6.03 Å². The number of nitrogens with zero attached hydrogens (tertiary/aromatic N) is 3. The zero-order valence-electron chi connectivity index (χ0n) is 14.6. The van der Waals surface area contributed by atoms with E-state index in [2.05, 4.69) is 15.5 Å². The molecule has 1 saturated heterocycles. The van der Waals surface area contributed by atoms with Gasteiger partial charge in [0.25, 0.3) is 0 Å². The van der Waals surface area contributed by atoms with Gasteiger partial charge in [0.15, 0.2) is 0 Å². The fourth-order valence-corrected chi connectivity index (χ4v) is 3.24. The topological polar surface area (TPSA) is 71.3 Å². The van der Waals surface area contributed by atoms with Crippen molar-refractivity contribution < 1.29 is 9.32 Å². The minimum Gasteiger partial charge on any atom is -0.337 e. The van der Waals surface area contributed by atoms with Gasteiger partial charge in [0.2, 0.25) is 11.7 Å². The molecule has 3 aromatic rings. The van der Waals surface area contributed by atoms with Gasteiger partial charge in [0, 0.05) is 17.8 Å². The Labute approximate surface area is 151 Å². The second-order valence-electron chi connectivity index (χ2n) is 6.42. The highest BCUT2D eigenvalue weighted by Crippen LogP contribution is 2.32. The molecule has 2 heterocycles. The summed E-state index contributed by atoms with van der Waals surface area (Å²) in [6.45, 7) is 2.65. The lowest BCUT2D eigenvalue weighted by Gasteiger charge is -2.22. The van der Waals surface area contributed by atoms with Crippen LogP contribution in [-0.4, -0.2) is 27.6 Å². The normalized spacial score (nSPS) is 16.7. The average Bonchev–Trinajstić information content (AvgIpc) is 3.33. The summed E-state index contributed by atoms with van der Waals surface area (Å²) in [5.74, 6) is 1.04. The van der Waals surface area contributed by atoms with E-state index in [1.165, 1.54) is 0 Å². The molecule has 1 aliphatic rings. The van der Waals surface area contributed by atoms with E-state index in [0.29, 0.717) is 18.3 Å². The van der Waals surface area contributed by atoms with Crippen molar-refractivity contribution in [3.05, 3.63) is 66.1 Å². The number of rotatable bonds is 3. The van der Waals surface area contributed by atoms with Crippen molar-refractivity contribution in [2.75, 3.05) is 11.9 Å². The van der Waals surface area contributed by atoms with E-state index < -0.39 is 0 Å². The van der Waals surface area contributed by atoms with Crippen molar-refractivity contribution in [2.45, 2.75) is 25.8 Å². The Morgan fingerprint density at radius 2 is 1.92 bits per heavy atom. The number of hydrogen-bond acceptors (Lipinski definition) is 4. The van der Waals surface area contributed by atoms with E-state index in [1.54, 1.807) is 4.90 Å². The number of anilines is 1. The van der Waals surface area contributed by atoms with Crippen LogP contribution in [0.1, 0.15) is 30.3 Å². The lowest BCUT2D eigenvalue weighted by atomic mass is 10.2. The molecule has 1 aliphatic heterocycles. The van der Waals surface area contributed by atoms with E-state index in [9.17, 15) is 4.79 Å². The Morgan fingerprint density at radius 3 is 2.73 bits per heavy atom. The molecule has 2 aromatic carbocycles. The molecule has 26 heavy (non-hydrogen) atoms. The molecule has 6 nitrogen and oxygen atoms in total. The zero-order chi connectivity index (χ0) is 17.9. The van der Waals surface area contributed by atoms with Gasteiger partial charge in [0.1, 0.15) is 6.04 Å². The molecule has 2 amide bonds. The Bertz CT molecular complexity index is 907. The predicted octanol–water partition coefficient (Wildman–Crippen LogP) is 4.41. The molecule has 1 atom stereocenters. The van der Waals surface area contributed by atoms with E-state index in [4.69, 9.17) is 4.52 Å². The first-order valence-corrected chi connectivity index (χ1v) is 8.74. The van der Waals surface area contributed by atoms with Crippen LogP contribution >= 0.6 is 0 Å². The maximum absolute atomic E-state index is 12.8. The van der Waals surface area contributed by atoms with Crippen molar-refractivity contribution in [3.63, 3.8) is 0 Å². The van der Waals surface area contributed by atoms with Gasteiger partial charge in [-0.05, 0) is 31.4 Å². The third-order valence-electron chi connectivity index (χ3n) is 4.66. The largest absolute Gasteiger partial charge is 0.337 e. The Morgan fingerprint density at radius 1 is 1.15 bits per heavy atom. The van der Waals surface area contributed by atoms with Crippen molar-refractivity contribution in [1.82, 2.24) is 15.0 Å². The SMILES string of the molecule is Cc1ccccc1NC(=O)N1CCCC1c1nc(-c2ccccc2)no1. The van der Waals surface area contributed by atoms with Crippen LogP contribution in [0.3, 0.4) is 0 Å². The standard InChI is InChI=1S/C20H20N4O2/c1-14-8-5-6-11-16(14)21-20(25)24-13-7-12-17(24)19-22-18(23-26-19)15-9-3-2-4-10-15/h2-6,8-11,17H,7,12-13H2,1H3,(H,21,25). The highest BCUT2D eigenvalue weighted by Gasteiger charge is 2.34. The molecular weight excluding hydrogens is 328 g/mol. The summed E-state index contributed by atoms with van der Waals surface area (Å²) >= 11 is 0. The van der Waals surface area contributed by atoms with Crippen molar-refractivity contribution in [2.24, 2.45) is 0 Å². The number of urea groups is 1. The summed E-state index contributed by atoms with van der Waals surface area (Å²) in [4.78, 5) is 19.0. The number of para-hydroxylation sites is 1. The number of aromatic nitrogens is 2. The second-order valence-corrected chi connectivity index (χ2v) is 6.42. The minimum atomic E-state index is -0.191. The summed E-state index contributed by atoms with van der Waals surface area (Å²) in [6.07, 6.45) is 1.73. The summed E-state index contributed by atoms with van der Waals surface area (Å²) in [5, 5.41) is 7.07. The molecule has 6 heteroatoms. The van der Waals surface area contributed by atoms with Crippen molar-refractivity contribution in [3.8, 4) is 11.4 Å². The molecule has 0 bridgehead atoms. The smallest absolute Gasteiger partial charge is 0.322 e. The van der Waals surface area contributed by atoms with Crippen LogP contribution in [0.2, 0.25) is 0 Å². The fraction of sp³-hybridized carbons (Fsp3) is 0.250. The summed E-state index contributed by atoms with van der Waals surface area (Å²) < 4.78 is 5.47. The third kappa shape index (κ3) is 3.18. The van der Waals surface area contributed by atoms with E-state index in [1.807, 2.05) is 61.5 Å².